The Hall–Kier alpha value is -2.78. The smallest absolute Gasteiger partial charge is 0.197 e. The minimum absolute atomic E-state index is 0.592. The molecule has 120 valence electrons. The van der Waals surface area contributed by atoms with Crippen LogP contribution in [-0.2, 0) is 0 Å². The van der Waals surface area contributed by atoms with Crippen LogP contribution in [0.15, 0.2) is 95.7 Å². The minimum atomic E-state index is 0.592. The van der Waals surface area contributed by atoms with Crippen LogP contribution in [0.5, 0.6) is 0 Å². The van der Waals surface area contributed by atoms with Crippen molar-refractivity contribution in [2.45, 2.75) is 0 Å². The molecule has 0 atom stereocenters. The molecule has 4 aromatic rings. The summed E-state index contributed by atoms with van der Waals surface area (Å²) in [5.41, 5.74) is 6.32. The van der Waals surface area contributed by atoms with Crippen LogP contribution < -0.4 is 0 Å². The van der Waals surface area contributed by atoms with Crippen molar-refractivity contribution in [2.75, 3.05) is 0 Å². The molecule has 0 fully saturated rings. The average molecular weight is 387 g/mol. The third kappa shape index (κ3) is 3.52. The van der Waals surface area contributed by atoms with E-state index in [9.17, 15) is 0 Å². The highest BCUT2D eigenvalue weighted by molar-refractivity contribution is 9.10. The van der Waals surface area contributed by atoms with E-state index in [-0.39, 0.29) is 0 Å². The van der Waals surface area contributed by atoms with Crippen LogP contribution in [0.25, 0.3) is 33.6 Å². The zero-order chi connectivity index (χ0) is 17.1. The number of aromatic nitrogens is 2. The highest BCUT2D eigenvalue weighted by atomic mass is 79.9. The Balaban J connectivity index is 1.79. The van der Waals surface area contributed by atoms with Crippen LogP contribution in [0.1, 0.15) is 0 Å². The van der Waals surface area contributed by atoms with Crippen LogP contribution in [-0.4, -0.2) is 9.97 Å². The van der Waals surface area contributed by atoms with E-state index in [2.05, 4.69) is 86.6 Å². The van der Waals surface area contributed by atoms with Crippen molar-refractivity contribution in [3.8, 4) is 33.6 Å². The Morgan fingerprint density at radius 2 is 1.00 bits per heavy atom. The molecule has 0 saturated heterocycles. The predicted octanol–water partition coefficient (Wildman–Crippen LogP) is 6.24. The Kier molecular flexibility index (Phi) is 4.40. The second-order valence-corrected chi connectivity index (χ2v) is 6.43. The number of rotatable bonds is 3. The van der Waals surface area contributed by atoms with E-state index >= 15 is 0 Å². The first-order valence-corrected chi connectivity index (χ1v) is 8.85. The lowest BCUT2D eigenvalue weighted by molar-refractivity contribution is 1.12. The van der Waals surface area contributed by atoms with Gasteiger partial charge in [0, 0.05) is 11.1 Å². The lowest BCUT2D eigenvalue weighted by Gasteiger charge is -2.08. The van der Waals surface area contributed by atoms with Crippen LogP contribution in [0.4, 0.5) is 0 Å². The van der Waals surface area contributed by atoms with Gasteiger partial charge in [0.15, 0.2) is 4.73 Å². The molecule has 0 aliphatic heterocycles. The van der Waals surface area contributed by atoms with E-state index in [1.165, 1.54) is 11.1 Å². The fourth-order valence-electron chi connectivity index (χ4n) is 2.81. The van der Waals surface area contributed by atoms with Gasteiger partial charge in [-0.3, -0.25) is 0 Å². The van der Waals surface area contributed by atoms with Crippen molar-refractivity contribution in [1.29, 1.82) is 0 Å². The topological polar surface area (TPSA) is 25.8 Å². The zero-order valence-corrected chi connectivity index (χ0v) is 15.0. The van der Waals surface area contributed by atoms with Gasteiger partial charge in [-0.2, -0.15) is 0 Å². The van der Waals surface area contributed by atoms with Crippen LogP contribution in [0.2, 0.25) is 0 Å². The lowest BCUT2D eigenvalue weighted by atomic mass is 10.0. The summed E-state index contributed by atoms with van der Waals surface area (Å²) < 4.78 is 0.592. The van der Waals surface area contributed by atoms with Gasteiger partial charge in [0.1, 0.15) is 0 Å². The first-order chi connectivity index (χ1) is 12.3. The molecule has 3 aromatic carbocycles. The molecule has 3 heteroatoms. The summed E-state index contributed by atoms with van der Waals surface area (Å²) in [6, 6.07) is 31.0. The fourth-order valence-corrected chi connectivity index (χ4v) is 3.19. The molecule has 0 aliphatic rings. The Labute approximate surface area is 155 Å². The molecule has 0 spiro atoms. The number of nitrogens with zero attached hydrogens (tertiary/aromatic N) is 2. The number of hydrogen-bond donors (Lipinski definition) is 0. The molecule has 0 radical (unpaired) electrons. The van der Waals surface area contributed by atoms with Crippen molar-refractivity contribution >= 4 is 15.9 Å². The third-order valence-corrected chi connectivity index (χ3v) is 4.39. The summed E-state index contributed by atoms with van der Waals surface area (Å²) >= 11 is 3.45. The summed E-state index contributed by atoms with van der Waals surface area (Å²) in [5, 5.41) is 0. The summed E-state index contributed by atoms with van der Waals surface area (Å²) in [6.45, 7) is 0. The molecule has 1 aromatic heterocycles. The molecule has 0 aliphatic carbocycles. The quantitative estimate of drug-likeness (QED) is 0.389. The number of hydrogen-bond acceptors (Lipinski definition) is 2. The summed E-state index contributed by atoms with van der Waals surface area (Å²) in [4.78, 5) is 9.09. The summed E-state index contributed by atoms with van der Waals surface area (Å²) in [7, 11) is 0. The highest BCUT2D eigenvalue weighted by Crippen LogP contribution is 2.28. The molecule has 2 nitrogen and oxygen atoms in total. The van der Waals surface area contributed by atoms with E-state index in [1.807, 2.05) is 30.3 Å². The maximum Gasteiger partial charge on any atom is 0.197 e. The molecule has 0 amide bonds. The third-order valence-electron chi connectivity index (χ3n) is 4.03. The molecular formula is C22H15BrN2. The van der Waals surface area contributed by atoms with Crippen molar-refractivity contribution in [3.05, 3.63) is 95.7 Å². The number of halogens is 1. The van der Waals surface area contributed by atoms with Crippen molar-refractivity contribution in [1.82, 2.24) is 9.97 Å². The van der Waals surface area contributed by atoms with E-state index in [0.717, 1.165) is 22.5 Å². The molecule has 0 N–H and O–H groups in total. The van der Waals surface area contributed by atoms with Crippen molar-refractivity contribution in [2.24, 2.45) is 0 Å². The van der Waals surface area contributed by atoms with Gasteiger partial charge in [-0.05, 0) is 39.2 Å². The highest BCUT2D eigenvalue weighted by Gasteiger charge is 2.08. The van der Waals surface area contributed by atoms with Gasteiger partial charge in [-0.25, -0.2) is 9.97 Å². The van der Waals surface area contributed by atoms with Crippen molar-refractivity contribution in [3.63, 3.8) is 0 Å². The van der Waals surface area contributed by atoms with E-state index < -0.39 is 0 Å². The fraction of sp³-hybridized carbons (Fsp3) is 0. The second-order valence-electron chi connectivity index (χ2n) is 5.72. The van der Waals surface area contributed by atoms with Gasteiger partial charge < -0.3 is 0 Å². The average Bonchev–Trinajstić information content (AvgIpc) is 2.69. The van der Waals surface area contributed by atoms with Gasteiger partial charge >= 0.3 is 0 Å². The van der Waals surface area contributed by atoms with Crippen LogP contribution in [0, 0.1) is 0 Å². The summed E-state index contributed by atoms with van der Waals surface area (Å²) in [5.74, 6) is 0. The van der Waals surface area contributed by atoms with Gasteiger partial charge in [-0.15, -0.1) is 0 Å². The van der Waals surface area contributed by atoms with Crippen LogP contribution in [0.3, 0.4) is 0 Å². The van der Waals surface area contributed by atoms with E-state index in [0.29, 0.717) is 4.73 Å². The van der Waals surface area contributed by atoms with E-state index in [1.54, 1.807) is 0 Å². The zero-order valence-electron chi connectivity index (χ0n) is 13.4. The largest absolute Gasteiger partial charge is 0.222 e. The standard InChI is InChI=1S/C22H15BrN2/c23-22-24-20(17-10-5-2-6-11-17)15-21(25-22)19-13-7-12-18(14-19)16-8-3-1-4-9-16/h1-15H. The molecule has 4 rings (SSSR count). The Bertz CT molecular complexity index is 999. The predicted molar refractivity (Wildman–Crippen MR) is 106 cm³/mol. The molecule has 25 heavy (non-hydrogen) atoms. The van der Waals surface area contributed by atoms with Gasteiger partial charge in [0.25, 0.3) is 0 Å². The maximum absolute atomic E-state index is 4.57. The molecular weight excluding hydrogens is 372 g/mol. The lowest BCUT2D eigenvalue weighted by Crippen LogP contribution is -1.92. The van der Waals surface area contributed by atoms with E-state index in [4.69, 9.17) is 0 Å². The normalized spacial score (nSPS) is 10.6. The van der Waals surface area contributed by atoms with Crippen LogP contribution >= 0.6 is 15.9 Å². The van der Waals surface area contributed by atoms with Crippen molar-refractivity contribution < 1.29 is 0 Å². The summed E-state index contributed by atoms with van der Waals surface area (Å²) in [6.07, 6.45) is 0. The Morgan fingerprint density at radius 3 is 1.68 bits per heavy atom. The molecule has 0 unspecified atom stereocenters. The Morgan fingerprint density at radius 1 is 0.480 bits per heavy atom. The van der Waals surface area contributed by atoms with Gasteiger partial charge in [-0.1, -0.05) is 78.9 Å². The number of benzene rings is 3. The van der Waals surface area contributed by atoms with Gasteiger partial charge in [0.05, 0.1) is 11.4 Å². The first-order valence-electron chi connectivity index (χ1n) is 8.05. The van der Waals surface area contributed by atoms with Gasteiger partial charge in [0.2, 0.25) is 0 Å². The first kappa shape index (κ1) is 15.7. The molecule has 0 bridgehead atoms. The SMILES string of the molecule is Brc1nc(-c2ccccc2)cc(-c2cccc(-c3ccccc3)c2)n1. The monoisotopic (exact) mass is 386 g/mol. The maximum atomic E-state index is 4.57. The molecule has 0 saturated carbocycles. The second kappa shape index (κ2) is 6.99. The molecule has 1 heterocycles. The minimum Gasteiger partial charge on any atom is -0.222 e.